The highest BCUT2D eigenvalue weighted by molar-refractivity contribution is 7.99. The molecule has 0 saturated carbocycles. The van der Waals surface area contributed by atoms with Crippen LogP contribution in [0.5, 0.6) is 5.75 Å². The SMILES string of the molecule is Nc1ccc(O)cc1C(=O)NCCSCCCO. The minimum Gasteiger partial charge on any atom is -0.508 e. The Morgan fingerprint density at radius 1 is 1.39 bits per heavy atom. The van der Waals surface area contributed by atoms with Crippen molar-refractivity contribution in [3.63, 3.8) is 0 Å². The number of phenolic OH excluding ortho intramolecular Hbond substituents is 1. The number of nitrogens with two attached hydrogens (primary N) is 1. The van der Waals surface area contributed by atoms with Crippen LogP contribution in [-0.2, 0) is 0 Å². The van der Waals surface area contributed by atoms with Crippen molar-refractivity contribution in [2.24, 2.45) is 0 Å². The largest absolute Gasteiger partial charge is 0.508 e. The van der Waals surface area contributed by atoms with Gasteiger partial charge in [-0.2, -0.15) is 11.8 Å². The highest BCUT2D eigenvalue weighted by Gasteiger charge is 2.09. The van der Waals surface area contributed by atoms with Crippen LogP contribution in [0, 0.1) is 0 Å². The molecular weight excluding hydrogens is 252 g/mol. The first-order valence-electron chi connectivity index (χ1n) is 5.70. The van der Waals surface area contributed by atoms with E-state index in [1.54, 1.807) is 11.8 Å². The molecule has 1 aromatic carbocycles. The van der Waals surface area contributed by atoms with Crippen molar-refractivity contribution in [1.29, 1.82) is 0 Å². The quantitative estimate of drug-likeness (QED) is 0.334. The zero-order valence-electron chi connectivity index (χ0n) is 10.1. The molecule has 100 valence electrons. The van der Waals surface area contributed by atoms with E-state index in [9.17, 15) is 9.90 Å². The first-order chi connectivity index (χ1) is 8.65. The van der Waals surface area contributed by atoms with Crippen LogP contribution in [0.15, 0.2) is 18.2 Å². The number of nitrogen functional groups attached to an aromatic ring is 1. The third-order valence-electron chi connectivity index (χ3n) is 2.26. The lowest BCUT2D eigenvalue weighted by Crippen LogP contribution is -2.26. The Morgan fingerprint density at radius 3 is 2.89 bits per heavy atom. The van der Waals surface area contributed by atoms with Crippen LogP contribution in [0.1, 0.15) is 16.8 Å². The van der Waals surface area contributed by atoms with E-state index in [2.05, 4.69) is 5.32 Å². The number of aliphatic hydroxyl groups is 1. The lowest BCUT2D eigenvalue weighted by molar-refractivity contribution is 0.0956. The predicted molar refractivity (Wildman–Crippen MR) is 73.9 cm³/mol. The van der Waals surface area contributed by atoms with Gasteiger partial charge in [-0.3, -0.25) is 4.79 Å². The Balaban J connectivity index is 2.34. The zero-order chi connectivity index (χ0) is 13.4. The van der Waals surface area contributed by atoms with Crippen LogP contribution in [0.4, 0.5) is 5.69 Å². The summed E-state index contributed by atoms with van der Waals surface area (Å²) in [6, 6.07) is 4.29. The van der Waals surface area contributed by atoms with Crippen LogP contribution in [0.25, 0.3) is 0 Å². The first kappa shape index (κ1) is 14.7. The maximum absolute atomic E-state index is 11.8. The van der Waals surface area contributed by atoms with Crippen LogP contribution >= 0.6 is 11.8 Å². The Bertz CT molecular complexity index is 399. The Hall–Kier alpha value is -1.40. The molecule has 6 heteroatoms. The Labute approximate surface area is 110 Å². The summed E-state index contributed by atoms with van der Waals surface area (Å²) in [7, 11) is 0. The fraction of sp³-hybridized carbons (Fsp3) is 0.417. The minimum absolute atomic E-state index is 0.0201. The van der Waals surface area contributed by atoms with E-state index in [1.165, 1.54) is 18.2 Å². The first-order valence-corrected chi connectivity index (χ1v) is 6.86. The highest BCUT2D eigenvalue weighted by Crippen LogP contribution is 2.18. The van der Waals surface area contributed by atoms with Crippen molar-refractivity contribution in [1.82, 2.24) is 5.32 Å². The number of hydrogen-bond donors (Lipinski definition) is 4. The summed E-state index contributed by atoms with van der Waals surface area (Å²) < 4.78 is 0. The molecule has 1 aromatic rings. The molecule has 5 nitrogen and oxygen atoms in total. The molecule has 0 aromatic heterocycles. The average Bonchev–Trinajstić information content (AvgIpc) is 2.36. The molecule has 0 unspecified atom stereocenters. The summed E-state index contributed by atoms with van der Waals surface area (Å²) in [5, 5.41) is 20.6. The van der Waals surface area contributed by atoms with Gasteiger partial charge in [-0.1, -0.05) is 0 Å². The molecule has 0 spiro atoms. The molecule has 1 rings (SSSR count). The monoisotopic (exact) mass is 270 g/mol. The molecule has 0 heterocycles. The molecule has 18 heavy (non-hydrogen) atoms. The van der Waals surface area contributed by atoms with E-state index in [-0.39, 0.29) is 23.8 Å². The maximum atomic E-state index is 11.8. The normalized spacial score (nSPS) is 10.3. The molecule has 0 atom stereocenters. The smallest absolute Gasteiger partial charge is 0.253 e. The number of amides is 1. The standard InChI is InChI=1S/C12H18N2O3S/c13-11-3-2-9(16)8-10(11)12(17)14-4-7-18-6-1-5-15/h2-3,8,15-16H,1,4-7,13H2,(H,14,17). The molecule has 0 saturated heterocycles. The van der Waals surface area contributed by atoms with Crippen molar-refractivity contribution in [3.8, 4) is 5.75 Å². The van der Waals surface area contributed by atoms with E-state index < -0.39 is 0 Å². The lowest BCUT2D eigenvalue weighted by atomic mass is 10.1. The lowest BCUT2D eigenvalue weighted by Gasteiger charge is -2.07. The number of rotatable bonds is 7. The number of aromatic hydroxyl groups is 1. The van der Waals surface area contributed by atoms with Crippen molar-refractivity contribution in [3.05, 3.63) is 23.8 Å². The Morgan fingerprint density at radius 2 is 2.17 bits per heavy atom. The van der Waals surface area contributed by atoms with E-state index in [0.29, 0.717) is 12.2 Å². The second-order valence-corrected chi connectivity index (χ2v) is 4.94. The van der Waals surface area contributed by atoms with Crippen molar-refractivity contribution in [2.45, 2.75) is 6.42 Å². The van der Waals surface area contributed by atoms with Gasteiger partial charge in [-0.05, 0) is 30.4 Å². The number of anilines is 1. The molecule has 0 radical (unpaired) electrons. The van der Waals surface area contributed by atoms with Crippen LogP contribution in [0.2, 0.25) is 0 Å². The summed E-state index contributed by atoms with van der Waals surface area (Å²) in [5.74, 6) is 1.39. The van der Waals surface area contributed by atoms with Crippen LogP contribution in [0.3, 0.4) is 0 Å². The van der Waals surface area contributed by atoms with Gasteiger partial charge < -0.3 is 21.3 Å². The van der Waals surface area contributed by atoms with Crippen molar-refractivity contribution >= 4 is 23.4 Å². The number of hydrogen-bond acceptors (Lipinski definition) is 5. The number of carbonyl (C=O) groups excluding carboxylic acids is 1. The fourth-order valence-electron chi connectivity index (χ4n) is 1.34. The number of phenols is 1. The van der Waals surface area contributed by atoms with Gasteiger partial charge in [0, 0.05) is 24.6 Å². The highest BCUT2D eigenvalue weighted by atomic mass is 32.2. The van der Waals surface area contributed by atoms with E-state index in [1.807, 2.05) is 0 Å². The summed E-state index contributed by atoms with van der Waals surface area (Å²) in [4.78, 5) is 11.8. The molecule has 0 aliphatic carbocycles. The van der Waals surface area contributed by atoms with E-state index in [4.69, 9.17) is 10.8 Å². The van der Waals surface area contributed by atoms with Gasteiger partial charge in [-0.25, -0.2) is 0 Å². The van der Waals surface area contributed by atoms with Gasteiger partial charge in [0.05, 0.1) is 5.56 Å². The number of carbonyl (C=O) groups is 1. The second-order valence-electron chi connectivity index (χ2n) is 3.72. The van der Waals surface area contributed by atoms with Gasteiger partial charge in [0.1, 0.15) is 5.75 Å². The number of aliphatic hydroxyl groups excluding tert-OH is 1. The van der Waals surface area contributed by atoms with Crippen molar-refractivity contribution < 1.29 is 15.0 Å². The number of thioether (sulfide) groups is 1. The molecule has 1 amide bonds. The molecular formula is C12H18N2O3S. The zero-order valence-corrected chi connectivity index (χ0v) is 10.9. The summed E-state index contributed by atoms with van der Waals surface area (Å²) >= 11 is 1.67. The third-order valence-corrected chi connectivity index (χ3v) is 3.33. The third kappa shape index (κ3) is 4.85. The van der Waals surface area contributed by atoms with E-state index in [0.717, 1.165) is 17.9 Å². The Kier molecular flexibility index (Phi) is 6.38. The molecule has 0 aliphatic heterocycles. The number of benzene rings is 1. The summed E-state index contributed by atoms with van der Waals surface area (Å²) in [6.07, 6.45) is 0.762. The predicted octanol–water partition coefficient (Wildman–Crippen LogP) is 0.820. The van der Waals surface area contributed by atoms with Crippen LogP contribution < -0.4 is 11.1 Å². The number of nitrogens with one attached hydrogen (secondary N) is 1. The summed E-state index contributed by atoms with van der Waals surface area (Å²) in [5.41, 5.74) is 6.29. The van der Waals surface area contributed by atoms with E-state index >= 15 is 0 Å². The maximum Gasteiger partial charge on any atom is 0.253 e. The van der Waals surface area contributed by atoms with Gasteiger partial charge in [0.2, 0.25) is 0 Å². The second kappa shape index (κ2) is 7.84. The molecule has 5 N–H and O–H groups in total. The molecule has 0 bridgehead atoms. The molecule has 0 fully saturated rings. The minimum atomic E-state index is -0.286. The van der Waals surface area contributed by atoms with Gasteiger partial charge >= 0.3 is 0 Å². The topological polar surface area (TPSA) is 95.6 Å². The van der Waals surface area contributed by atoms with Gasteiger partial charge in [0.25, 0.3) is 5.91 Å². The van der Waals surface area contributed by atoms with Gasteiger partial charge in [-0.15, -0.1) is 0 Å². The molecule has 0 aliphatic rings. The summed E-state index contributed by atoms with van der Waals surface area (Å²) in [6.45, 7) is 0.725. The van der Waals surface area contributed by atoms with Gasteiger partial charge in [0.15, 0.2) is 0 Å². The average molecular weight is 270 g/mol. The fourth-order valence-corrected chi connectivity index (χ4v) is 2.13. The van der Waals surface area contributed by atoms with Crippen molar-refractivity contribution in [2.75, 3.05) is 30.4 Å². The van der Waals surface area contributed by atoms with Crippen LogP contribution in [-0.4, -0.2) is 40.8 Å².